The van der Waals surface area contributed by atoms with Crippen LogP contribution >= 0.6 is 0 Å². The standard InChI is InChI=1S/C26H30N2O5S/c1-32-14-13-18-3-7-20(8-4-18)24-15-22-11-12-23(16-25(22)28-24)34(30,31)27-17-19-5-9-21(10-6-19)26(29)33-2/h3-4,7-8,11-12,15-17,19,21,28H,5-6,9-10,13-14H2,1-2H3/b27-17+. The molecule has 180 valence electrons. The van der Waals surface area contributed by atoms with Crippen LogP contribution in [0.25, 0.3) is 22.2 Å². The van der Waals surface area contributed by atoms with Gasteiger partial charge in [0, 0.05) is 29.9 Å². The van der Waals surface area contributed by atoms with Gasteiger partial charge in [0.15, 0.2) is 0 Å². The number of hydrogen-bond acceptors (Lipinski definition) is 5. The molecule has 7 nitrogen and oxygen atoms in total. The zero-order chi connectivity index (χ0) is 24.1. The number of hydrogen-bond donors (Lipinski definition) is 1. The molecule has 3 aromatic rings. The molecular weight excluding hydrogens is 452 g/mol. The number of nitrogens with zero attached hydrogens (tertiary/aromatic N) is 1. The topological polar surface area (TPSA) is 97.8 Å². The molecule has 0 bridgehead atoms. The van der Waals surface area contributed by atoms with Crippen molar-refractivity contribution in [3.05, 3.63) is 54.1 Å². The van der Waals surface area contributed by atoms with E-state index in [2.05, 4.69) is 21.5 Å². The third-order valence-electron chi connectivity index (χ3n) is 6.47. The van der Waals surface area contributed by atoms with Crippen molar-refractivity contribution in [3.8, 4) is 11.3 Å². The number of aromatic amines is 1. The highest BCUT2D eigenvalue weighted by atomic mass is 32.2. The largest absolute Gasteiger partial charge is 0.469 e. The molecule has 1 aromatic heterocycles. The summed E-state index contributed by atoms with van der Waals surface area (Å²) in [5.74, 6) is -0.246. The number of ether oxygens (including phenoxy) is 2. The molecule has 0 amide bonds. The smallest absolute Gasteiger partial charge is 0.308 e. The molecule has 0 saturated heterocycles. The number of nitrogens with one attached hydrogen (secondary N) is 1. The van der Waals surface area contributed by atoms with Crippen molar-refractivity contribution in [1.82, 2.24) is 4.98 Å². The van der Waals surface area contributed by atoms with Gasteiger partial charge < -0.3 is 14.5 Å². The summed E-state index contributed by atoms with van der Waals surface area (Å²) >= 11 is 0. The van der Waals surface area contributed by atoms with Gasteiger partial charge in [0.1, 0.15) is 0 Å². The Morgan fingerprint density at radius 2 is 1.79 bits per heavy atom. The minimum atomic E-state index is -3.81. The second-order valence-electron chi connectivity index (χ2n) is 8.74. The van der Waals surface area contributed by atoms with Crippen molar-refractivity contribution >= 4 is 33.1 Å². The predicted octanol–water partition coefficient (Wildman–Crippen LogP) is 4.76. The molecule has 34 heavy (non-hydrogen) atoms. The first kappa shape index (κ1) is 24.2. The molecule has 8 heteroatoms. The van der Waals surface area contributed by atoms with Gasteiger partial charge in [-0.2, -0.15) is 12.8 Å². The van der Waals surface area contributed by atoms with Gasteiger partial charge in [-0.15, -0.1) is 0 Å². The van der Waals surface area contributed by atoms with Gasteiger partial charge in [-0.3, -0.25) is 4.79 Å². The summed E-state index contributed by atoms with van der Waals surface area (Å²) in [6.07, 6.45) is 5.21. The fraction of sp³-hybridized carbons (Fsp3) is 0.385. The van der Waals surface area contributed by atoms with E-state index in [0.29, 0.717) is 19.4 Å². The highest BCUT2D eigenvalue weighted by Crippen LogP contribution is 2.30. The maximum atomic E-state index is 12.8. The summed E-state index contributed by atoms with van der Waals surface area (Å²) in [6.45, 7) is 0.681. The third kappa shape index (κ3) is 5.56. The van der Waals surface area contributed by atoms with Gasteiger partial charge in [-0.05, 0) is 67.3 Å². The van der Waals surface area contributed by atoms with Crippen molar-refractivity contribution in [2.24, 2.45) is 16.2 Å². The molecule has 0 spiro atoms. The van der Waals surface area contributed by atoms with Crippen LogP contribution in [-0.2, 0) is 30.7 Å². The molecular formula is C26H30N2O5S. The van der Waals surface area contributed by atoms with Crippen molar-refractivity contribution in [1.29, 1.82) is 0 Å². The van der Waals surface area contributed by atoms with Crippen LogP contribution in [0.15, 0.2) is 57.8 Å². The molecule has 0 aliphatic heterocycles. The number of H-pyrrole nitrogens is 1. The lowest BCUT2D eigenvalue weighted by atomic mass is 9.83. The Labute approximate surface area is 200 Å². The third-order valence-corrected chi connectivity index (χ3v) is 7.72. The van der Waals surface area contributed by atoms with Crippen LogP contribution in [-0.4, -0.2) is 46.4 Å². The van der Waals surface area contributed by atoms with E-state index in [4.69, 9.17) is 9.47 Å². The zero-order valence-corrected chi connectivity index (χ0v) is 20.3. The minimum absolute atomic E-state index is 0.0448. The number of aromatic nitrogens is 1. The Balaban J connectivity index is 1.47. The number of rotatable bonds is 8. The first-order valence-corrected chi connectivity index (χ1v) is 12.9. The highest BCUT2D eigenvalue weighted by molar-refractivity contribution is 7.90. The molecule has 0 unspecified atom stereocenters. The summed E-state index contributed by atoms with van der Waals surface area (Å²) in [6, 6.07) is 15.3. The van der Waals surface area contributed by atoms with E-state index in [1.807, 2.05) is 18.2 Å². The zero-order valence-electron chi connectivity index (χ0n) is 19.5. The maximum Gasteiger partial charge on any atom is 0.308 e. The van der Waals surface area contributed by atoms with E-state index in [1.165, 1.54) is 18.9 Å². The lowest BCUT2D eigenvalue weighted by Gasteiger charge is -2.24. The number of fused-ring (bicyclic) bond motifs is 1. The summed E-state index contributed by atoms with van der Waals surface area (Å²) < 4.78 is 39.6. The number of sulfonamides is 1. The number of carbonyl (C=O) groups excluding carboxylic acids is 1. The van der Waals surface area contributed by atoms with Crippen LogP contribution in [0.3, 0.4) is 0 Å². The second-order valence-corrected chi connectivity index (χ2v) is 10.4. The SMILES string of the molecule is COCCc1ccc(-c2cc3ccc(S(=O)(=O)/N=C/C4CCC(C(=O)OC)CC4)cc3[nH]2)cc1. The molecule has 1 fully saturated rings. The second kappa shape index (κ2) is 10.5. The first-order chi connectivity index (χ1) is 16.4. The van der Waals surface area contributed by atoms with Crippen LogP contribution in [0.5, 0.6) is 0 Å². The molecule has 1 N–H and O–H groups in total. The fourth-order valence-corrected chi connectivity index (χ4v) is 5.35. The lowest BCUT2D eigenvalue weighted by Crippen LogP contribution is -2.23. The van der Waals surface area contributed by atoms with Gasteiger partial charge in [0.2, 0.25) is 0 Å². The Bertz CT molecular complexity index is 1270. The van der Waals surface area contributed by atoms with Crippen LogP contribution in [0.1, 0.15) is 31.2 Å². The molecule has 1 heterocycles. The fourth-order valence-electron chi connectivity index (χ4n) is 4.39. The molecule has 1 saturated carbocycles. The van der Waals surface area contributed by atoms with E-state index < -0.39 is 10.0 Å². The van der Waals surface area contributed by atoms with Gasteiger partial charge in [0.05, 0.1) is 24.5 Å². The number of benzene rings is 2. The number of esters is 1. The molecule has 1 aliphatic rings. The minimum Gasteiger partial charge on any atom is -0.469 e. The van der Waals surface area contributed by atoms with Gasteiger partial charge in [0.25, 0.3) is 10.0 Å². The number of methoxy groups -OCH3 is 2. The Morgan fingerprint density at radius 1 is 1.06 bits per heavy atom. The monoisotopic (exact) mass is 482 g/mol. The first-order valence-electron chi connectivity index (χ1n) is 11.5. The van der Waals surface area contributed by atoms with Crippen molar-refractivity contribution in [3.63, 3.8) is 0 Å². The molecule has 1 aliphatic carbocycles. The summed E-state index contributed by atoms with van der Waals surface area (Å²) in [5.41, 5.74) is 3.90. The number of carbonyl (C=O) groups is 1. The van der Waals surface area contributed by atoms with Crippen molar-refractivity contribution < 1.29 is 22.7 Å². The molecule has 4 rings (SSSR count). The highest BCUT2D eigenvalue weighted by Gasteiger charge is 2.26. The van der Waals surface area contributed by atoms with Crippen molar-refractivity contribution in [2.75, 3.05) is 20.8 Å². The van der Waals surface area contributed by atoms with Gasteiger partial charge in [-0.25, -0.2) is 0 Å². The molecule has 0 atom stereocenters. The quantitative estimate of drug-likeness (QED) is 0.369. The van der Waals surface area contributed by atoms with E-state index in [0.717, 1.165) is 41.4 Å². The van der Waals surface area contributed by atoms with Crippen molar-refractivity contribution in [2.45, 2.75) is 37.0 Å². The molecule has 2 aromatic carbocycles. The van der Waals surface area contributed by atoms with E-state index in [-0.39, 0.29) is 22.7 Å². The van der Waals surface area contributed by atoms with Gasteiger partial charge >= 0.3 is 5.97 Å². The van der Waals surface area contributed by atoms with E-state index >= 15 is 0 Å². The Kier molecular flexibility index (Phi) is 7.48. The van der Waals surface area contributed by atoms with Crippen LogP contribution in [0.4, 0.5) is 0 Å². The van der Waals surface area contributed by atoms with Crippen LogP contribution in [0, 0.1) is 11.8 Å². The normalized spacial score (nSPS) is 19.0. The molecule has 0 radical (unpaired) electrons. The summed E-state index contributed by atoms with van der Waals surface area (Å²) in [5, 5.41) is 0.933. The Hall–Kier alpha value is -2.97. The summed E-state index contributed by atoms with van der Waals surface area (Å²) in [7, 11) is -0.724. The van der Waals surface area contributed by atoms with Crippen LogP contribution < -0.4 is 0 Å². The Morgan fingerprint density at radius 3 is 2.47 bits per heavy atom. The average molecular weight is 483 g/mol. The van der Waals surface area contributed by atoms with Crippen LogP contribution in [0.2, 0.25) is 0 Å². The lowest BCUT2D eigenvalue weighted by molar-refractivity contribution is -0.146. The summed E-state index contributed by atoms with van der Waals surface area (Å²) in [4.78, 5) is 15.2. The van der Waals surface area contributed by atoms with Gasteiger partial charge in [-0.1, -0.05) is 30.3 Å². The maximum absolute atomic E-state index is 12.8. The average Bonchev–Trinajstić information content (AvgIpc) is 3.30. The van der Waals surface area contributed by atoms with E-state index in [1.54, 1.807) is 25.3 Å². The predicted molar refractivity (Wildman–Crippen MR) is 132 cm³/mol. The van der Waals surface area contributed by atoms with E-state index in [9.17, 15) is 13.2 Å².